The van der Waals surface area contributed by atoms with Gasteiger partial charge in [0.05, 0.1) is 0 Å². The third-order valence-corrected chi connectivity index (χ3v) is 5.95. The summed E-state index contributed by atoms with van der Waals surface area (Å²) in [7, 11) is 0. The van der Waals surface area contributed by atoms with Gasteiger partial charge in [-0.1, -0.05) is 0 Å². The maximum absolute atomic E-state index is 10.6. The maximum atomic E-state index is 10.6. The van der Waals surface area contributed by atoms with Crippen molar-refractivity contribution in [2.75, 3.05) is 13.1 Å². The summed E-state index contributed by atoms with van der Waals surface area (Å²) in [6.07, 6.45) is 0. The topological polar surface area (TPSA) is 201 Å². The Bertz CT molecular complexity index is 316. The third-order valence-electron chi connectivity index (χ3n) is 1.57. The van der Waals surface area contributed by atoms with Crippen LogP contribution in [0.1, 0.15) is 0 Å². The van der Waals surface area contributed by atoms with E-state index in [-0.39, 0.29) is 0 Å². The Labute approximate surface area is 122 Å². The van der Waals surface area contributed by atoms with Crippen molar-refractivity contribution in [3.05, 3.63) is 0 Å². The minimum absolute atomic E-state index is 0.597. The summed E-state index contributed by atoms with van der Waals surface area (Å²) in [4.78, 5) is 42.4. The average molecular weight is 355 g/mol. The van der Waals surface area contributed by atoms with Crippen LogP contribution in [0.3, 0.4) is 0 Å². The molecular formula is C10H20CoN2O8. The normalized spacial score (nSPS) is 11.0. The van der Waals surface area contributed by atoms with Crippen LogP contribution in [-0.2, 0) is 31.8 Å². The van der Waals surface area contributed by atoms with Crippen LogP contribution in [0, 0.1) is 0 Å². The van der Waals surface area contributed by atoms with E-state index in [1.165, 1.54) is 0 Å². The van der Waals surface area contributed by atoms with Crippen molar-refractivity contribution in [3.8, 4) is 0 Å². The Hall–Kier alpha value is -1.69. The molecule has 8 N–H and O–H groups in total. The molecule has 11 heteroatoms. The Balaban J connectivity index is 0. The number of hydrogen-bond acceptors (Lipinski definition) is 6. The van der Waals surface area contributed by atoms with Crippen LogP contribution < -0.4 is 11.5 Å². The minimum atomic E-state index is -3.10. The Kier molecular flexibility index (Phi) is 11.3. The van der Waals surface area contributed by atoms with E-state index in [4.69, 9.17) is 31.9 Å². The fourth-order valence-corrected chi connectivity index (χ4v) is 4.56. The van der Waals surface area contributed by atoms with Crippen molar-refractivity contribution in [1.82, 2.24) is 0 Å². The van der Waals surface area contributed by atoms with Crippen molar-refractivity contribution >= 4 is 23.9 Å². The Morgan fingerprint density at radius 1 is 0.619 bits per heavy atom. The zero-order valence-electron chi connectivity index (χ0n) is 11.2. The van der Waals surface area contributed by atoms with Crippen LogP contribution in [-0.4, -0.2) is 57.4 Å². The van der Waals surface area contributed by atoms with Crippen LogP contribution in [0.2, 0.25) is 21.4 Å². The Morgan fingerprint density at radius 2 is 0.810 bits per heavy atom. The summed E-state index contributed by atoms with van der Waals surface area (Å²) in [5, 5.41) is 31.7. The Morgan fingerprint density at radius 3 is 0.905 bits per heavy atom. The number of aliphatic carboxylic acids is 4. The second kappa shape index (κ2) is 11.0. The summed E-state index contributed by atoms with van der Waals surface area (Å²) in [6.45, 7) is 1.19. The number of carboxylic acids is 4. The molecule has 0 heterocycles. The van der Waals surface area contributed by atoms with Gasteiger partial charge in [0.15, 0.2) is 0 Å². The molecule has 0 aliphatic heterocycles. The van der Waals surface area contributed by atoms with Gasteiger partial charge in [-0.2, -0.15) is 0 Å². The third kappa shape index (κ3) is 13.1. The first-order chi connectivity index (χ1) is 9.58. The van der Waals surface area contributed by atoms with Crippen LogP contribution in [0.25, 0.3) is 0 Å². The second-order valence-corrected chi connectivity index (χ2v) is 8.22. The summed E-state index contributed by atoms with van der Waals surface area (Å²) >= 11 is -3.10. The zero-order chi connectivity index (χ0) is 17.1. The first-order valence-electron chi connectivity index (χ1n) is 5.38. The van der Waals surface area contributed by atoms with Gasteiger partial charge in [0.25, 0.3) is 0 Å². The monoisotopic (exact) mass is 355 g/mol. The quantitative estimate of drug-likeness (QED) is 0.299. The van der Waals surface area contributed by atoms with E-state index in [1.807, 2.05) is 0 Å². The number of rotatable bonds is 9. The molecule has 21 heavy (non-hydrogen) atoms. The molecule has 0 unspecified atom stereocenters. The van der Waals surface area contributed by atoms with Gasteiger partial charge in [0.2, 0.25) is 0 Å². The SMILES string of the molecule is NCCN.O=C(O)[CH2][Co]([CH2]C(=O)O)([CH2]C(=O)O)[CH2]C(=O)O. The molecule has 0 rings (SSSR count). The van der Waals surface area contributed by atoms with Gasteiger partial charge in [0, 0.05) is 13.1 Å². The van der Waals surface area contributed by atoms with Gasteiger partial charge in [-0.15, -0.1) is 0 Å². The van der Waals surface area contributed by atoms with E-state index >= 15 is 0 Å². The van der Waals surface area contributed by atoms with E-state index in [9.17, 15) is 19.2 Å². The van der Waals surface area contributed by atoms with Gasteiger partial charge in [0.1, 0.15) is 0 Å². The molecule has 0 spiro atoms. The van der Waals surface area contributed by atoms with Gasteiger partial charge in [-0.05, 0) is 0 Å². The van der Waals surface area contributed by atoms with Crippen LogP contribution in [0.4, 0.5) is 0 Å². The van der Waals surface area contributed by atoms with Gasteiger partial charge >= 0.3 is 97.5 Å². The fraction of sp³-hybridized carbons (Fsp3) is 0.600. The molecule has 0 bridgehead atoms. The molecule has 0 atom stereocenters. The van der Waals surface area contributed by atoms with E-state index in [0.29, 0.717) is 13.1 Å². The van der Waals surface area contributed by atoms with Crippen molar-refractivity contribution in [1.29, 1.82) is 0 Å². The van der Waals surface area contributed by atoms with Gasteiger partial charge in [-0.3, -0.25) is 0 Å². The molecule has 0 radical (unpaired) electrons. The first-order valence-corrected chi connectivity index (χ1v) is 8.33. The molecule has 127 valence electrons. The fourth-order valence-electron chi connectivity index (χ4n) is 1.11. The van der Waals surface area contributed by atoms with E-state index < -0.39 is 57.9 Å². The zero-order valence-corrected chi connectivity index (χ0v) is 12.2. The molecule has 10 nitrogen and oxygen atoms in total. The molecule has 0 aromatic carbocycles. The average Bonchev–Trinajstić information content (AvgIpc) is 2.24. The van der Waals surface area contributed by atoms with Gasteiger partial charge in [-0.25, -0.2) is 0 Å². The van der Waals surface area contributed by atoms with Gasteiger partial charge < -0.3 is 11.5 Å². The van der Waals surface area contributed by atoms with Crippen molar-refractivity contribution in [3.63, 3.8) is 0 Å². The summed E-state index contributed by atoms with van der Waals surface area (Å²) in [6, 6.07) is 0. The summed E-state index contributed by atoms with van der Waals surface area (Å²) in [5.74, 6) is -5.55. The van der Waals surface area contributed by atoms with Crippen molar-refractivity contribution in [2.45, 2.75) is 21.4 Å². The van der Waals surface area contributed by atoms with E-state index in [1.54, 1.807) is 0 Å². The standard InChI is InChI=1S/C2H8N2.4C2H3O2.Co/c3-1-2-4;4*1-2(3)4;/h1-4H2;4*1H2,(H,3,4);. The molecule has 0 amide bonds. The predicted molar refractivity (Wildman–Crippen MR) is 67.9 cm³/mol. The molecule has 0 saturated heterocycles. The number of carbonyl (C=O) groups is 4. The molecule has 0 saturated carbocycles. The van der Waals surface area contributed by atoms with E-state index in [0.717, 1.165) is 0 Å². The molecule has 0 aliphatic rings. The molecule has 0 aliphatic carbocycles. The molecule has 0 aromatic rings. The summed E-state index contributed by atoms with van der Waals surface area (Å²) < 4.78 is 0. The number of hydrogen-bond donors (Lipinski definition) is 6. The number of carboxylic acid groups (broad SMARTS) is 4. The van der Waals surface area contributed by atoms with Crippen LogP contribution >= 0.6 is 0 Å². The summed E-state index contributed by atoms with van der Waals surface area (Å²) in [5.41, 5.74) is 9.81. The molecule has 0 aromatic heterocycles. The van der Waals surface area contributed by atoms with Crippen LogP contribution in [0.15, 0.2) is 0 Å². The number of nitrogens with two attached hydrogens (primary N) is 2. The van der Waals surface area contributed by atoms with Crippen LogP contribution in [0.5, 0.6) is 0 Å². The van der Waals surface area contributed by atoms with Crippen molar-refractivity contribution < 1.29 is 52.2 Å². The molecular weight excluding hydrogens is 335 g/mol. The molecule has 0 fully saturated rings. The van der Waals surface area contributed by atoms with Crippen molar-refractivity contribution in [2.24, 2.45) is 11.5 Å². The van der Waals surface area contributed by atoms with E-state index in [2.05, 4.69) is 0 Å². The second-order valence-electron chi connectivity index (χ2n) is 3.62. The predicted octanol–water partition coefficient (Wildman–Crippen LogP) is -0.944. The first kappa shape index (κ1) is 21.6.